The highest BCUT2D eigenvalue weighted by Crippen LogP contribution is 2.23. The van der Waals surface area contributed by atoms with Gasteiger partial charge in [0.2, 0.25) is 5.91 Å². The quantitative estimate of drug-likeness (QED) is 0.823. The molecular weight excluding hydrogens is 326 g/mol. The van der Waals surface area contributed by atoms with E-state index in [1.807, 2.05) is 18.2 Å². The fourth-order valence-electron chi connectivity index (χ4n) is 3.49. The van der Waals surface area contributed by atoms with E-state index in [-0.39, 0.29) is 42.1 Å². The van der Waals surface area contributed by atoms with Gasteiger partial charge in [0, 0.05) is 24.4 Å². The van der Waals surface area contributed by atoms with Crippen molar-refractivity contribution >= 4 is 21.5 Å². The molecule has 2 aliphatic rings. The molecule has 1 aliphatic heterocycles. The van der Waals surface area contributed by atoms with Crippen molar-refractivity contribution in [3.05, 3.63) is 34.9 Å². The van der Waals surface area contributed by atoms with Gasteiger partial charge in [-0.3, -0.25) is 9.59 Å². The molecule has 1 amide bonds. The van der Waals surface area contributed by atoms with Crippen LogP contribution < -0.4 is 5.32 Å². The number of aryl methyl sites for hydroxylation is 2. The zero-order valence-corrected chi connectivity index (χ0v) is 14.5. The largest absolute Gasteiger partial charge is 0.352 e. The van der Waals surface area contributed by atoms with Crippen LogP contribution in [0.15, 0.2) is 18.2 Å². The molecule has 1 aromatic rings. The number of Topliss-reactive ketones (excluding diaryl/α,β-unsaturated/α-hetero) is 1. The van der Waals surface area contributed by atoms with Gasteiger partial charge < -0.3 is 5.32 Å². The summed E-state index contributed by atoms with van der Waals surface area (Å²) >= 11 is 0. The second-order valence-electron chi connectivity index (χ2n) is 6.78. The Morgan fingerprint density at radius 3 is 2.54 bits per heavy atom. The summed E-state index contributed by atoms with van der Waals surface area (Å²) < 4.78 is 22.8. The Kier molecular flexibility index (Phi) is 5.04. The Hall–Kier alpha value is -1.69. The van der Waals surface area contributed by atoms with Gasteiger partial charge in [0.25, 0.3) is 0 Å². The van der Waals surface area contributed by atoms with Gasteiger partial charge in [0.15, 0.2) is 15.6 Å². The molecule has 0 bridgehead atoms. The minimum absolute atomic E-state index is 0.0114. The Morgan fingerprint density at radius 2 is 1.83 bits per heavy atom. The summed E-state index contributed by atoms with van der Waals surface area (Å²) in [6.45, 7) is 0. The van der Waals surface area contributed by atoms with E-state index in [0.717, 1.165) is 19.3 Å². The number of carbonyl (C=O) groups is 2. The minimum atomic E-state index is -3.01. The molecule has 1 aliphatic carbocycles. The predicted octanol–water partition coefficient (Wildman–Crippen LogP) is 1.83. The summed E-state index contributed by atoms with van der Waals surface area (Å²) in [5.41, 5.74) is 3.26. The van der Waals surface area contributed by atoms with E-state index in [4.69, 9.17) is 0 Å². The number of hydrogen-bond donors (Lipinski definition) is 1. The molecule has 1 heterocycles. The van der Waals surface area contributed by atoms with Crippen LogP contribution in [0.4, 0.5) is 0 Å². The first-order valence-corrected chi connectivity index (χ1v) is 10.4. The van der Waals surface area contributed by atoms with Crippen molar-refractivity contribution in [1.82, 2.24) is 5.32 Å². The van der Waals surface area contributed by atoms with Crippen molar-refractivity contribution in [3.63, 3.8) is 0 Å². The Labute approximate surface area is 142 Å². The van der Waals surface area contributed by atoms with Crippen molar-refractivity contribution in [2.45, 2.75) is 51.0 Å². The van der Waals surface area contributed by atoms with Crippen molar-refractivity contribution in [3.8, 4) is 0 Å². The number of nitrogens with one attached hydrogen (secondary N) is 1. The predicted molar refractivity (Wildman–Crippen MR) is 91.9 cm³/mol. The zero-order valence-electron chi connectivity index (χ0n) is 13.7. The lowest BCUT2D eigenvalue weighted by atomic mass is 9.89. The SMILES string of the molecule is O=C(CCC(=O)c1ccc2c(c1)CCCC2)NC1CCS(=O)(=O)C1. The van der Waals surface area contributed by atoms with Crippen LogP contribution in [0.2, 0.25) is 0 Å². The summed E-state index contributed by atoms with van der Waals surface area (Å²) in [5.74, 6) is -0.135. The average Bonchev–Trinajstić information content (AvgIpc) is 2.90. The van der Waals surface area contributed by atoms with Gasteiger partial charge in [-0.2, -0.15) is 0 Å². The Morgan fingerprint density at radius 1 is 1.08 bits per heavy atom. The lowest BCUT2D eigenvalue weighted by Crippen LogP contribution is -2.35. The van der Waals surface area contributed by atoms with Crippen LogP contribution in [0, 0.1) is 0 Å². The molecule has 1 unspecified atom stereocenters. The van der Waals surface area contributed by atoms with Gasteiger partial charge in [-0.25, -0.2) is 8.42 Å². The maximum atomic E-state index is 12.3. The molecule has 1 saturated heterocycles. The first kappa shape index (κ1) is 17.1. The second kappa shape index (κ2) is 7.05. The maximum Gasteiger partial charge on any atom is 0.220 e. The molecule has 0 spiro atoms. The van der Waals surface area contributed by atoms with Gasteiger partial charge in [0.1, 0.15) is 0 Å². The van der Waals surface area contributed by atoms with E-state index < -0.39 is 9.84 Å². The van der Waals surface area contributed by atoms with Gasteiger partial charge in [-0.15, -0.1) is 0 Å². The van der Waals surface area contributed by atoms with Crippen LogP contribution in [0.1, 0.15) is 53.6 Å². The number of benzene rings is 1. The molecule has 1 atom stereocenters. The molecule has 1 fully saturated rings. The Balaban J connectivity index is 1.51. The highest BCUT2D eigenvalue weighted by atomic mass is 32.2. The molecule has 0 radical (unpaired) electrons. The number of amides is 1. The Bertz CT molecular complexity index is 754. The van der Waals surface area contributed by atoms with E-state index in [1.165, 1.54) is 17.5 Å². The van der Waals surface area contributed by atoms with E-state index >= 15 is 0 Å². The topological polar surface area (TPSA) is 80.3 Å². The molecule has 130 valence electrons. The maximum absolute atomic E-state index is 12.3. The summed E-state index contributed by atoms with van der Waals surface area (Å²) in [5, 5.41) is 2.72. The van der Waals surface area contributed by atoms with Crippen LogP contribution in [0.3, 0.4) is 0 Å². The third-order valence-electron chi connectivity index (χ3n) is 4.85. The summed E-state index contributed by atoms with van der Waals surface area (Å²) in [4.78, 5) is 24.2. The fourth-order valence-corrected chi connectivity index (χ4v) is 5.16. The molecule has 1 N–H and O–H groups in total. The van der Waals surface area contributed by atoms with E-state index in [0.29, 0.717) is 12.0 Å². The van der Waals surface area contributed by atoms with Crippen molar-refractivity contribution in [1.29, 1.82) is 0 Å². The van der Waals surface area contributed by atoms with Crippen LogP contribution >= 0.6 is 0 Å². The third-order valence-corrected chi connectivity index (χ3v) is 6.62. The van der Waals surface area contributed by atoms with Gasteiger partial charge in [-0.05, 0) is 49.3 Å². The first-order valence-electron chi connectivity index (χ1n) is 8.58. The zero-order chi connectivity index (χ0) is 17.2. The molecule has 0 aromatic heterocycles. The molecule has 24 heavy (non-hydrogen) atoms. The van der Waals surface area contributed by atoms with Gasteiger partial charge in [0.05, 0.1) is 11.5 Å². The minimum Gasteiger partial charge on any atom is -0.352 e. The smallest absolute Gasteiger partial charge is 0.220 e. The standard InChI is InChI=1S/C18H23NO4S/c20-17(15-6-5-13-3-1-2-4-14(13)11-15)7-8-18(21)19-16-9-10-24(22,23)12-16/h5-6,11,16H,1-4,7-10,12H2,(H,19,21). The van der Waals surface area contributed by atoms with Crippen LogP contribution in [-0.2, 0) is 27.5 Å². The lowest BCUT2D eigenvalue weighted by Gasteiger charge is -2.16. The van der Waals surface area contributed by atoms with Crippen LogP contribution in [0.25, 0.3) is 0 Å². The van der Waals surface area contributed by atoms with Crippen molar-refractivity contribution in [2.24, 2.45) is 0 Å². The monoisotopic (exact) mass is 349 g/mol. The highest BCUT2D eigenvalue weighted by molar-refractivity contribution is 7.91. The van der Waals surface area contributed by atoms with Crippen LogP contribution in [0.5, 0.6) is 0 Å². The summed E-state index contributed by atoms with van der Waals surface area (Å²) in [6.07, 6.45) is 5.20. The summed E-state index contributed by atoms with van der Waals surface area (Å²) in [7, 11) is -3.01. The van der Waals surface area contributed by atoms with E-state index in [2.05, 4.69) is 5.32 Å². The summed E-state index contributed by atoms with van der Waals surface area (Å²) in [6, 6.07) is 5.55. The number of hydrogen-bond acceptors (Lipinski definition) is 4. The van der Waals surface area contributed by atoms with Gasteiger partial charge >= 0.3 is 0 Å². The molecule has 3 rings (SSSR count). The van der Waals surface area contributed by atoms with E-state index in [1.54, 1.807) is 0 Å². The molecule has 5 nitrogen and oxygen atoms in total. The number of carbonyl (C=O) groups excluding carboxylic acids is 2. The fraction of sp³-hybridized carbons (Fsp3) is 0.556. The number of rotatable bonds is 5. The normalized spacial score (nSPS) is 21.9. The first-order chi connectivity index (χ1) is 11.4. The number of fused-ring (bicyclic) bond motifs is 1. The van der Waals surface area contributed by atoms with Crippen LogP contribution in [-0.4, -0.2) is 37.7 Å². The van der Waals surface area contributed by atoms with Crippen molar-refractivity contribution < 1.29 is 18.0 Å². The third kappa shape index (κ3) is 4.23. The lowest BCUT2D eigenvalue weighted by molar-refractivity contribution is -0.121. The van der Waals surface area contributed by atoms with Gasteiger partial charge in [-0.1, -0.05) is 12.1 Å². The highest BCUT2D eigenvalue weighted by Gasteiger charge is 2.28. The number of sulfone groups is 1. The number of ketones is 1. The molecule has 1 aromatic carbocycles. The molecule has 6 heteroatoms. The van der Waals surface area contributed by atoms with Crippen molar-refractivity contribution in [2.75, 3.05) is 11.5 Å². The molecular formula is C18H23NO4S. The second-order valence-corrected chi connectivity index (χ2v) is 9.01. The average molecular weight is 349 g/mol. The molecule has 0 saturated carbocycles. The van der Waals surface area contributed by atoms with E-state index in [9.17, 15) is 18.0 Å².